The summed E-state index contributed by atoms with van der Waals surface area (Å²) in [5.74, 6) is -1.69. The van der Waals surface area contributed by atoms with E-state index in [1.807, 2.05) is 63.2 Å². The molecule has 150 valence electrons. The van der Waals surface area contributed by atoms with Gasteiger partial charge >= 0.3 is 0 Å². The first-order valence-corrected chi connectivity index (χ1v) is 10.5. The number of fused-ring (bicyclic) bond motifs is 2. The van der Waals surface area contributed by atoms with E-state index in [1.54, 1.807) is 0 Å². The van der Waals surface area contributed by atoms with Crippen molar-refractivity contribution in [1.82, 2.24) is 4.90 Å². The number of rotatable bonds is 1. The van der Waals surface area contributed by atoms with Crippen LogP contribution in [-0.2, 0) is 21.6 Å². The van der Waals surface area contributed by atoms with E-state index in [4.69, 9.17) is 0 Å². The van der Waals surface area contributed by atoms with Crippen molar-refractivity contribution in [1.29, 1.82) is 0 Å². The van der Waals surface area contributed by atoms with Crippen LogP contribution in [0.3, 0.4) is 0 Å². The van der Waals surface area contributed by atoms with Gasteiger partial charge in [0.25, 0.3) is 0 Å². The molecule has 3 aliphatic rings. The molecule has 5 rings (SSSR count). The molecule has 29 heavy (non-hydrogen) atoms. The van der Waals surface area contributed by atoms with Crippen molar-refractivity contribution in [3.63, 3.8) is 0 Å². The number of likely N-dealkylation sites (tertiary alicyclic amines) is 1. The first-order valence-electron chi connectivity index (χ1n) is 10.5. The number of carbonyl (C=O) groups excluding carboxylic acids is 2. The third-order valence-electron chi connectivity index (χ3n) is 7.06. The molecule has 4 heteroatoms. The van der Waals surface area contributed by atoms with Crippen molar-refractivity contribution >= 4 is 11.8 Å². The average Bonchev–Trinajstić information content (AvgIpc) is 2.97. The van der Waals surface area contributed by atoms with Crippen LogP contribution in [0.2, 0.25) is 0 Å². The van der Waals surface area contributed by atoms with Gasteiger partial charge in [0, 0.05) is 5.54 Å². The van der Waals surface area contributed by atoms with E-state index in [2.05, 4.69) is 6.07 Å². The maximum atomic E-state index is 13.7. The van der Waals surface area contributed by atoms with Gasteiger partial charge in [0.15, 0.2) is 0 Å². The maximum Gasteiger partial charge on any atom is 0.237 e. The molecular formula is C25H27NO3. The predicted molar refractivity (Wildman–Crippen MR) is 110 cm³/mol. The van der Waals surface area contributed by atoms with Crippen molar-refractivity contribution in [2.24, 2.45) is 11.8 Å². The lowest BCUT2D eigenvalue weighted by Crippen LogP contribution is -2.50. The molecule has 1 N–H and O–H groups in total. The zero-order valence-electron chi connectivity index (χ0n) is 17.2. The second kappa shape index (κ2) is 6.02. The summed E-state index contributed by atoms with van der Waals surface area (Å²) in [5.41, 5.74) is 1.68. The number of hydrogen-bond acceptors (Lipinski definition) is 3. The van der Waals surface area contributed by atoms with Gasteiger partial charge in [0.05, 0.1) is 11.8 Å². The van der Waals surface area contributed by atoms with Crippen LogP contribution in [0.1, 0.15) is 61.8 Å². The number of amides is 2. The summed E-state index contributed by atoms with van der Waals surface area (Å²) in [5, 5.41) is 12.3. The molecule has 1 aliphatic heterocycles. The van der Waals surface area contributed by atoms with Gasteiger partial charge in [-0.25, -0.2) is 0 Å². The standard InChI is InChI=1S/C25H27NO3/c1-24(2,3)26-22(27)20-17-13-7-9-15-10-8-14-18(19(15)17)25(29,21(20)23(26)28)16-11-5-4-6-12-16/h4-6,8,10-12,14,17,20-21,29H,7,9,13H2,1-3H3/t17-,20-,21+,25+/m0/s1. The molecule has 0 aromatic heterocycles. The predicted octanol–water partition coefficient (Wildman–Crippen LogP) is 3.76. The highest BCUT2D eigenvalue weighted by Gasteiger charge is 2.65. The first kappa shape index (κ1) is 18.6. The van der Waals surface area contributed by atoms with Crippen molar-refractivity contribution in [3.05, 3.63) is 70.8 Å². The SMILES string of the molecule is CC(C)(C)N1C(=O)[C@H]2[C@H]3CCCc4cccc(c43)[C@](O)(c3ccccc3)[C@H]2C1=O. The molecule has 1 fully saturated rings. The quantitative estimate of drug-likeness (QED) is 0.756. The molecular weight excluding hydrogens is 362 g/mol. The fourth-order valence-electron chi connectivity index (χ4n) is 6.01. The molecule has 1 heterocycles. The number of carbonyl (C=O) groups is 2. The Morgan fingerprint density at radius 2 is 1.72 bits per heavy atom. The summed E-state index contributed by atoms with van der Waals surface area (Å²) in [6, 6.07) is 15.5. The van der Waals surface area contributed by atoms with Crippen LogP contribution in [0.5, 0.6) is 0 Å². The number of benzene rings is 2. The molecule has 0 radical (unpaired) electrons. The lowest BCUT2D eigenvalue weighted by molar-refractivity contribution is -0.147. The lowest BCUT2D eigenvalue weighted by Gasteiger charge is -2.47. The van der Waals surface area contributed by atoms with E-state index in [-0.39, 0.29) is 17.7 Å². The third kappa shape index (κ3) is 2.35. The van der Waals surface area contributed by atoms with Crippen molar-refractivity contribution in [2.45, 2.75) is 57.1 Å². The number of hydrogen-bond donors (Lipinski definition) is 1. The van der Waals surface area contributed by atoms with E-state index in [0.717, 1.165) is 30.4 Å². The van der Waals surface area contributed by atoms with Gasteiger partial charge in [-0.05, 0) is 68.2 Å². The largest absolute Gasteiger partial charge is 0.380 e. The molecule has 2 amide bonds. The first-order chi connectivity index (χ1) is 13.8. The van der Waals surface area contributed by atoms with E-state index in [0.29, 0.717) is 5.56 Å². The van der Waals surface area contributed by atoms with Crippen LogP contribution in [-0.4, -0.2) is 27.4 Å². The van der Waals surface area contributed by atoms with E-state index in [1.165, 1.54) is 10.5 Å². The number of aliphatic hydroxyl groups is 1. The van der Waals surface area contributed by atoms with Crippen molar-refractivity contribution in [3.8, 4) is 0 Å². The summed E-state index contributed by atoms with van der Waals surface area (Å²) in [4.78, 5) is 28.7. The minimum absolute atomic E-state index is 0.00672. The summed E-state index contributed by atoms with van der Waals surface area (Å²) in [6.07, 6.45) is 2.84. The summed E-state index contributed by atoms with van der Waals surface area (Å²) in [7, 11) is 0. The van der Waals surface area contributed by atoms with Crippen LogP contribution in [0.4, 0.5) is 0 Å². The molecule has 2 aromatic rings. The Morgan fingerprint density at radius 1 is 1.00 bits per heavy atom. The van der Waals surface area contributed by atoms with E-state index < -0.39 is 23.0 Å². The van der Waals surface area contributed by atoms with Gasteiger partial charge in [-0.3, -0.25) is 14.5 Å². The Labute approximate surface area is 171 Å². The maximum absolute atomic E-state index is 13.7. The number of imide groups is 1. The zero-order valence-corrected chi connectivity index (χ0v) is 17.2. The zero-order chi connectivity index (χ0) is 20.6. The van der Waals surface area contributed by atoms with Gasteiger partial charge in [-0.2, -0.15) is 0 Å². The Balaban J connectivity index is 1.83. The summed E-state index contributed by atoms with van der Waals surface area (Å²) < 4.78 is 0. The minimum atomic E-state index is -1.50. The fraction of sp³-hybridized carbons (Fsp3) is 0.440. The van der Waals surface area contributed by atoms with Crippen LogP contribution in [0.15, 0.2) is 48.5 Å². The van der Waals surface area contributed by atoms with Gasteiger partial charge in [0.2, 0.25) is 11.8 Å². The monoisotopic (exact) mass is 389 g/mol. The van der Waals surface area contributed by atoms with Crippen LogP contribution in [0, 0.1) is 11.8 Å². The highest BCUT2D eigenvalue weighted by atomic mass is 16.3. The van der Waals surface area contributed by atoms with Crippen molar-refractivity contribution in [2.75, 3.05) is 0 Å². The lowest BCUT2D eigenvalue weighted by atomic mass is 9.57. The number of nitrogens with zero attached hydrogens (tertiary/aromatic N) is 1. The third-order valence-corrected chi connectivity index (χ3v) is 7.06. The highest BCUT2D eigenvalue weighted by Crippen LogP contribution is 2.59. The van der Waals surface area contributed by atoms with Gasteiger partial charge in [-0.1, -0.05) is 48.5 Å². The van der Waals surface area contributed by atoms with E-state index >= 15 is 0 Å². The Bertz CT molecular complexity index is 1010. The Hall–Kier alpha value is -2.46. The van der Waals surface area contributed by atoms with Gasteiger partial charge in [0.1, 0.15) is 5.60 Å². The molecule has 0 unspecified atom stereocenters. The molecule has 2 aliphatic carbocycles. The number of aryl methyl sites for hydroxylation is 1. The average molecular weight is 389 g/mol. The summed E-state index contributed by atoms with van der Waals surface area (Å²) in [6.45, 7) is 5.67. The molecule has 2 aromatic carbocycles. The molecule has 1 saturated heterocycles. The normalized spacial score (nSPS) is 30.9. The van der Waals surface area contributed by atoms with E-state index in [9.17, 15) is 14.7 Å². The molecule has 4 nitrogen and oxygen atoms in total. The smallest absolute Gasteiger partial charge is 0.237 e. The molecule has 4 atom stereocenters. The van der Waals surface area contributed by atoms with Crippen LogP contribution in [0.25, 0.3) is 0 Å². The summed E-state index contributed by atoms with van der Waals surface area (Å²) >= 11 is 0. The molecule has 0 bridgehead atoms. The minimum Gasteiger partial charge on any atom is -0.380 e. The Kier molecular flexibility index (Phi) is 3.85. The topological polar surface area (TPSA) is 57.6 Å². The van der Waals surface area contributed by atoms with Gasteiger partial charge < -0.3 is 5.11 Å². The van der Waals surface area contributed by atoms with Crippen molar-refractivity contribution < 1.29 is 14.7 Å². The molecule has 0 saturated carbocycles. The second-order valence-electron chi connectivity index (χ2n) is 9.70. The van der Waals surface area contributed by atoms with Crippen LogP contribution >= 0.6 is 0 Å². The Morgan fingerprint density at radius 3 is 2.41 bits per heavy atom. The van der Waals surface area contributed by atoms with Gasteiger partial charge in [-0.15, -0.1) is 0 Å². The van der Waals surface area contributed by atoms with Crippen LogP contribution < -0.4 is 0 Å². The fourth-order valence-corrected chi connectivity index (χ4v) is 6.01. The second-order valence-corrected chi connectivity index (χ2v) is 9.70. The molecule has 0 spiro atoms. The highest BCUT2D eigenvalue weighted by molar-refractivity contribution is 6.07.